The third-order valence-electron chi connectivity index (χ3n) is 4.81. The SMILES string of the molecule is COc1ccc2c(C(=O)N3CCN(c4ccccc4)CC3)c[nH]c2c1. The number of benzene rings is 2. The molecule has 1 fully saturated rings. The van der Waals surface area contributed by atoms with Crippen molar-refractivity contribution in [1.29, 1.82) is 0 Å². The van der Waals surface area contributed by atoms with E-state index < -0.39 is 0 Å². The van der Waals surface area contributed by atoms with Gasteiger partial charge in [0.2, 0.25) is 0 Å². The van der Waals surface area contributed by atoms with Crippen LogP contribution in [0.25, 0.3) is 10.9 Å². The van der Waals surface area contributed by atoms with Gasteiger partial charge in [-0.15, -0.1) is 0 Å². The molecule has 1 aliphatic heterocycles. The van der Waals surface area contributed by atoms with Crippen LogP contribution in [0.2, 0.25) is 0 Å². The Hall–Kier alpha value is -2.95. The number of ether oxygens (including phenoxy) is 1. The molecule has 0 unspecified atom stereocenters. The molecule has 1 aliphatic rings. The molecule has 1 saturated heterocycles. The van der Waals surface area contributed by atoms with Gasteiger partial charge in [-0.3, -0.25) is 4.79 Å². The number of hydrogen-bond acceptors (Lipinski definition) is 3. The van der Waals surface area contributed by atoms with Crippen molar-refractivity contribution in [2.75, 3.05) is 38.2 Å². The van der Waals surface area contributed by atoms with E-state index in [0.29, 0.717) is 0 Å². The molecule has 0 aliphatic carbocycles. The summed E-state index contributed by atoms with van der Waals surface area (Å²) in [5, 5.41) is 0.941. The van der Waals surface area contributed by atoms with Gasteiger partial charge in [-0.2, -0.15) is 0 Å². The maximum absolute atomic E-state index is 12.9. The maximum atomic E-state index is 12.9. The number of amides is 1. The van der Waals surface area contributed by atoms with E-state index in [1.807, 2.05) is 41.3 Å². The number of para-hydroxylation sites is 1. The predicted molar refractivity (Wildman–Crippen MR) is 99.4 cm³/mol. The molecule has 128 valence electrons. The van der Waals surface area contributed by atoms with Crippen LogP contribution in [0.3, 0.4) is 0 Å². The normalized spacial score (nSPS) is 14.8. The third kappa shape index (κ3) is 2.93. The lowest BCUT2D eigenvalue weighted by atomic mass is 10.1. The average molecular weight is 335 g/mol. The predicted octanol–water partition coefficient (Wildman–Crippen LogP) is 3.14. The Morgan fingerprint density at radius 2 is 1.80 bits per heavy atom. The number of rotatable bonds is 3. The summed E-state index contributed by atoms with van der Waals surface area (Å²) >= 11 is 0. The first kappa shape index (κ1) is 15.6. The van der Waals surface area contributed by atoms with E-state index in [-0.39, 0.29) is 5.91 Å². The largest absolute Gasteiger partial charge is 0.497 e. The van der Waals surface area contributed by atoms with Crippen molar-refractivity contribution in [2.24, 2.45) is 0 Å². The first-order valence-corrected chi connectivity index (χ1v) is 8.50. The zero-order valence-corrected chi connectivity index (χ0v) is 14.2. The van der Waals surface area contributed by atoms with Crippen LogP contribution in [0.15, 0.2) is 54.7 Å². The molecule has 2 aromatic carbocycles. The van der Waals surface area contributed by atoms with Gasteiger partial charge in [0.1, 0.15) is 5.75 Å². The van der Waals surface area contributed by atoms with E-state index in [2.05, 4.69) is 22.0 Å². The van der Waals surface area contributed by atoms with Gasteiger partial charge >= 0.3 is 0 Å². The quantitative estimate of drug-likeness (QED) is 0.800. The van der Waals surface area contributed by atoms with E-state index >= 15 is 0 Å². The van der Waals surface area contributed by atoms with Crippen molar-refractivity contribution in [3.05, 3.63) is 60.3 Å². The van der Waals surface area contributed by atoms with Gasteiger partial charge in [0, 0.05) is 55.0 Å². The number of methoxy groups -OCH3 is 1. The summed E-state index contributed by atoms with van der Waals surface area (Å²) in [6.45, 7) is 3.17. The molecular formula is C20H21N3O2. The molecule has 4 rings (SSSR count). The van der Waals surface area contributed by atoms with Crippen molar-refractivity contribution in [2.45, 2.75) is 0 Å². The van der Waals surface area contributed by atoms with Gasteiger partial charge < -0.3 is 19.5 Å². The summed E-state index contributed by atoms with van der Waals surface area (Å²) in [5.74, 6) is 0.869. The van der Waals surface area contributed by atoms with Gasteiger partial charge in [0.25, 0.3) is 5.91 Å². The molecule has 0 atom stereocenters. The Labute approximate surface area is 146 Å². The summed E-state index contributed by atoms with van der Waals surface area (Å²) in [7, 11) is 1.64. The summed E-state index contributed by atoms with van der Waals surface area (Å²) in [5.41, 5.74) is 2.87. The third-order valence-corrected chi connectivity index (χ3v) is 4.81. The molecule has 2 heterocycles. The van der Waals surface area contributed by atoms with Crippen LogP contribution < -0.4 is 9.64 Å². The summed E-state index contributed by atoms with van der Waals surface area (Å²) in [6, 6.07) is 16.1. The number of anilines is 1. The molecule has 1 N–H and O–H groups in total. The highest BCUT2D eigenvalue weighted by Crippen LogP contribution is 2.25. The standard InChI is InChI=1S/C20H21N3O2/c1-25-16-7-8-17-18(14-21-19(17)13-16)20(24)23-11-9-22(10-12-23)15-5-3-2-4-6-15/h2-8,13-14,21H,9-12H2,1H3. The highest BCUT2D eigenvalue weighted by Gasteiger charge is 2.24. The lowest BCUT2D eigenvalue weighted by molar-refractivity contribution is 0.0749. The second-order valence-corrected chi connectivity index (χ2v) is 6.23. The van der Waals surface area contributed by atoms with Gasteiger partial charge in [0.15, 0.2) is 0 Å². The lowest BCUT2D eigenvalue weighted by Gasteiger charge is -2.36. The Bertz CT molecular complexity index is 880. The van der Waals surface area contributed by atoms with Gasteiger partial charge in [-0.25, -0.2) is 0 Å². The minimum absolute atomic E-state index is 0.0872. The number of H-pyrrole nitrogens is 1. The molecule has 0 spiro atoms. The van der Waals surface area contributed by atoms with Crippen LogP contribution in [0, 0.1) is 0 Å². The van der Waals surface area contributed by atoms with Gasteiger partial charge in [-0.1, -0.05) is 18.2 Å². The van der Waals surface area contributed by atoms with E-state index in [4.69, 9.17) is 4.74 Å². The summed E-state index contributed by atoms with van der Waals surface area (Å²) in [4.78, 5) is 20.4. The number of hydrogen-bond donors (Lipinski definition) is 1. The molecule has 0 radical (unpaired) electrons. The van der Waals surface area contributed by atoms with Crippen LogP contribution in [0.4, 0.5) is 5.69 Å². The highest BCUT2D eigenvalue weighted by atomic mass is 16.5. The molecular weight excluding hydrogens is 314 g/mol. The zero-order valence-electron chi connectivity index (χ0n) is 14.2. The number of carbonyl (C=O) groups excluding carboxylic acids is 1. The molecule has 25 heavy (non-hydrogen) atoms. The molecule has 5 heteroatoms. The van der Waals surface area contributed by atoms with Crippen LogP contribution in [0.5, 0.6) is 5.75 Å². The Morgan fingerprint density at radius 3 is 2.52 bits per heavy atom. The number of fused-ring (bicyclic) bond motifs is 1. The minimum Gasteiger partial charge on any atom is -0.497 e. The van der Waals surface area contributed by atoms with Crippen molar-refractivity contribution < 1.29 is 9.53 Å². The molecule has 0 saturated carbocycles. The Balaban J connectivity index is 1.49. The fourth-order valence-corrected chi connectivity index (χ4v) is 3.39. The molecule has 1 amide bonds. The smallest absolute Gasteiger partial charge is 0.256 e. The monoisotopic (exact) mass is 335 g/mol. The molecule has 3 aromatic rings. The van der Waals surface area contributed by atoms with Gasteiger partial charge in [-0.05, 0) is 24.3 Å². The number of aromatic amines is 1. The fourth-order valence-electron chi connectivity index (χ4n) is 3.39. The highest BCUT2D eigenvalue weighted by molar-refractivity contribution is 6.07. The maximum Gasteiger partial charge on any atom is 0.256 e. The van der Waals surface area contributed by atoms with E-state index in [9.17, 15) is 4.79 Å². The number of aromatic nitrogens is 1. The molecule has 1 aromatic heterocycles. The zero-order chi connectivity index (χ0) is 17.2. The van der Waals surface area contributed by atoms with Crippen molar-refractivity contribution in [3.63, 3.8) is 0 Å². The molecule has 5 nitrogen and oxygen atoms in total. The number of nitrogens with zero attached hydrogens (tertiary/aromatic N) is 2. The van der Waals surface area contributed by atoms with Crippen LogP contribution in [-0.4, -0.2) is 49.1 Å². The molecule has 0 bridgehead atoms. The fraction of sp³-hybridized carbons (Fsp3) is 0.250. The summed E-state index contributed by atoms with van der Waals surface area (Å²) in [6.07, 6.45) is 1.80. The topological polar surface area (TPSA) is 48.6 Å². The Kier molecular flexibility index (Phi) is 4.06. The van der Waals surface area contributed by atoms with Crippen molar-refractivity contribution >= 4 is 22.5 Å². The first-order valence-electron chi connectivity index (χ1n) is 8.50. The number of piperazine rings is 1. The van der Waals surface area contributed by atoms with Crippen molar-refractivity contribution in [1.82, 2.24) is 9.88 Å². The first-order chi connectivity index (χ1) is 12.3. The van der Waals surface area contributed by atoms with Crippen LogP contribution in [-0.2, 0) is 0 Å². The second-order valence-electron chi connectivity index (χ2n) is 6.23. The summed E-state index contributed by atoms with van der Waals surface area (Å²) < 4.78 is 5.24. The number of carbonyl (C=O) groups is 1. The van der Waals surface area contributed by atoms with E-state index in [1.54, 1.807) is 13.3 Å². The average Bonchev–Trinajstić information content (AvgIpc) is 3.11. The van der Waals surface area contributed by atoms with Crippen LogP contribution >= 0.6 is 0 Å². The number of nitrogens with one attached hydrogen (secondary N) is 1. The Morgan fingerprint density at radius 1 is 1.04 bits per heavy atom. The van der Waals surface area contributed by atoms with Crippen LogP contribution in [0.1, 0.15) is 10.4 Å². The van der Waals surface area contributed by atoms with E-state index in [1.165, 1.54) is 5.69 Å². The van der Waals surface area contributed by atoms with Crippen molar-refractivity contribution in [3.8, 4) is 5.75 Å². The minimum atomic E-state index is 0.0872. The lowest BCUT2D eigenvalue weighted by Crippen LogP contribution is -2.48. The second kappa shape index (κ2) is 6.51. The van der Waals surface area contributed by atoms with Gasteiger partial charge in [0.05, 0.1) is 12.7 Å². The van der Waals surface area contributed by atoms with E-state index in [0.717, 1.165) is 48.4 Å².